The Balaban J connectivity index is 1.12. The molecule has 11 aromatic rings. The fourth-order valence-electron chi connectivity index (χ4n) is 9.93. The quantitative estimate of drug-likeness (QED) is 0.174. The van der Waals surface area contributed by atoms with Crippen LogP contribution in [0.4, 0.5) is 17.1 Å². The van der Waals surface area contributed by atoms with Gasteiger partial charge in [-0.3, -0.25) is 0 Å². The molecule has 1 aliphatic carbocycles. The first-order valence-corrected chi connectivity index (χ1v) is 20.5. The fourth-order valence-corrected chi connectivity index (χ4v) is 9.93. The van der Waals surface area contributed by atoms with Crippen LogP contribution in [0.2, 0.25) is 0 Å². The molecule has 0 spiro atoms. The number of rotatable bonds is 5. The number of para-hydroxylation sites is 1. The molecule has 0 aliphatic heterocycles. The van der Waals surface area contributed by atoms with Gasteiger partial charge in [0, 0.05) is 33.0 Å². The van der Waals surface area contributed by atoms with E-state index in [1.807, 2.05) is 12.1 Å². The van der Waals surface area contributed by atoms with E-state index in [0.29, 0.717) is 0 Å². The van der Waals surface area contributed by atoms with E-state index in [2.05, 4.69) is 207 Å². The van der Waals surface area contributed by atoms with Crippen LogP contribution >= 0.6 is 0 Å². The number of hydrogen-bond donors (Lipinski definition) is 0. The minimum Gasteiger partial charge on any atom is -0.456 e. The third kappa shape index (κ3) is 5.13. The maximum Gasteiger partial charge on any atom is 0.136 e. The summed E-state index contributed by atoms with van der Waals surface area (Å²) in [6.45, 7) is 4.76. The molecule has 0 unspecified atom stereocenters. The van der Waals surface area contributed by atoms with Crippen molar-refractivity contribution in [1.29, 1.82) is 0 Å². The van der Waals surface area contributed by atoms with Crippen LogP contribution in [0.1, 0.15) is 25.0 Å². The Hall–Kier alpha value is -7.42. The smallest absolute Gasteiger partial charge is 0.136 e. The van der Waals surface area contributed by atoms with Crippen LogP contribution in [0.5, 0.6) is 0 Å². The van der Waals surface area contributed by atoms with Crippen molar-refractivity contribution in [2.24, 2.45) is 0 Å². The minimum atomic E-state index is -0.183. The summed E-state index contributed by atoms with van der Waals surface area (Å²) in [5.74, 6) is 0. The summed E-state index contributed by atoms with van der Waals surface area (Å²) in [5.41, 5.74) is 15.0. The predicted octanol–water partition coefficient (Wildman–Crippen LogP) is 16.2. The van der Waals surface area contributed by atoms with Crippen molar-refractivity contribution in [1.82, 2.24) is 0 Å². The highest BCUT2D eigenvalue weighted by atomic mass is 16.3. The maximum absolute atomic E-state index is 6.32. The lowest BCUT2D eigenvalue weighted by molar-refractivity contribution is 0.661. The third-order valence-corrected chi connectivity index (χ3v) is 12.8. The molecule has 59 heavy (non-hydrogen) atoms. The van der Waals surface area contributed by atoms with E-state index in [9.17, 15) is 0 Å². The molecule has 10 aromatic carbocycles. The molecule has 1 heterocycles. The average Bonchev–Trinajstić information content (AvgIpc) is 3.77. The number of furan rings is 1. The van der Waals surface area contributed by atoms with Gasteiger partial charge in [-0.15, -0.1) is 0 Å². The van der Waals surface area contributed by atoms with Gasteiger partial charge in [0.2, 0.25) is 0 Å². The number of anilines is 3. The standard InChI is InChI=1S/C57H39NO/c1-57(2)49-22-12-23-51(56(49)48-33-39-15-3-4-16-40(39)34-50(48)57)58(42-29-25-36(26-30-42)41-27-31-46-45-20-9-10-24-53(45)59-54(46)35-41)52-32-28-38-14-6-8-19-44(38)55(52)47-21-11-17-37-13-5-7-18-43(37)47/h3-35H,1-2H3. The zero-order valence-electron chi connectivity index (χ0n) is 32.9. The second kappa shape index (κ2) is 12.8. The van der Waals surface area contributed by atoms with Gasteiger partial charge >= 0.3 is 0 Å². The highest BCUT2D eigenvalue weighted by Crippen LogP contribution is 2.56. The second-order valence-electron chi connectivity index (χ2n) is 16.5. The van der Waals surface area contributed by atoms with Gasteiger partial charge < -0.3 is 9.32 Å². The van der Waals surface area contributed by atoms with Crippen molar-refractivity contribution >= 4 is 71.3 Å². The summed E-state index contributed by atoms with van der Waals surface area (Å²) < 4.78 is 6.32. The van der Waals surface area contributed by atoms with Gasteiger partial charge in [0.15, 0.2) is 0 Å². The van der Waals surface area contributed by atoms with Crippen molar-refractivity contribution in [3.05, 3.63) is 211 Å². The summed E-state index contributed by atoms with van der Waals surface area (Å²) in [7, 11) is 0. The lowest BCUT2D eigenvalue weighted by atomic mass is 9.82. The lowest BCUT2D eigenvalue weighted by Gasteiger charge is -2.31. The molecule has 0 N–H and O–H groups in total. The van der Waals surface area contributed by atoms with Crippen LogP contribution in [0.15, 0.2) is 205 Å². The summed E-state index contributed by atoms with van der Waals surface area (Å²) >= 11 is 0. The molecule has 2 heteroatoms. The van der Waals surface area contributed by atoms with Gasteiger partial charge in [0.1, 0.15) is 11.2 Å². The first kappa shape index (κ1) is 33.7. The number of nitrogens with zero attached hydrogens (tertiary/aromatic N) is 1. The van der Waals surface area contributed by atoms with Crippen molar-refractivity contribution in [2.75, 3.05) is 4.90 Å². The molecular formula is C57H39NO. The van der Waals surface area contributed by atoms with Crippen molar-refractivity contribution in [2.45, 2.75) is 19.3 Å². The molecule has 0 radical (unpaired) electrons. The lowest BCUT2D eigenvalue weighted by Crippen LogP contribution is -2.16. The molecule has 12 rings (SSSR count). The third-order valence-electron chi connectivity index (χ3n) is 12.8. The van der Waals surface area contributed by atoms with Crippen LogP contribution in [0.25, 0.3) is 87.6 Å². The van der Waals surface area contributed by atoms with Gasteiger partial charge in [0.05, 0.1) is 11.4 Å². The topological polar surface area (TPSA) is 16.4 Å². The number of fused-ring (bicyclic) bond motifs is 9. The Bertz CT molecular complexity index is 3470. The molecule has 2 nitrogen and oxygen atoms in total. The second-order valence-corrected chi connectivity index (χ2v) is 16.5. The van der Waals surface area contributed by atoms with Gasteiger partial charge in [-0.05, 0) is 120 Å². The normalized spacial score (nSPS) is 13.1. The average molecular weight is 754 g/mol. The molecule has 0 amide bonds. The van der Waals surface area contributed by atoms with E-state index in [0.717, 1.165) is 50.1 Å². The molecule has 0 fully saturated rings. The van der Waals surface area contributed by atoms with Gasteiger partial charge in [-0.1, -0.05) is 159 Å². The Morgan fingerprint density at radius 2 is 0.983 bits per heavy atom. The van der Waals surface area contributed by atoms with E-state index in [-0.39, 0.29) is 5.41 Å². The van der Waals surface area contributed by atoms with Crippen LogP contribution in [0, 0.1) is 0 Å². The number of hydrogen-bond acceptors (Lipinski definition) is 2. The summed E-state index contributed by atoms with van der Waals surface area (Å²) in [4.78, 5) is 2.52. The zero-order chi connectivity index (χ0) is 39.2. The molecule has 0 bridgehead atoms. The maximum atomic E-state index is 6.32. The van der Waals surface area contributed by atoms with Crippen LogP contribution < -0.4 is 4.90 Å². The van der Waals surface area contributed by atoms with E-state index < -0.39 is 0 Å². The van der Waals surface area contributed by atoms with E-state index >= 15 is 0 Å². The van der Waals surface area contributed by atoms with Crippen LogP contribution in [0.3, 0.4) is 0 Å². The Morgan fingerprint density at radius 3 is 1.80 bits per heavy atom. The zero-order valence-corrected chi connectivity index (χ0v) is 32.9. The minimum absolute atomic E-state index is 0.183. The molecule has 0 atom stereocenters. The van der Waals surface area contributed by atoms with Gasteiger partial charge in [0.25, 0.3) is 0 Å². The Kier molecular flexibility index (Phi) is 7.31. The highest BCUT2D eigenvalue weighted by Gasteiger charge is 2.38. The first-order chi connectivity index (χ1) is 29.0. The monoisotopic (exact) mass is 753 g/mol. The van der Waals surface area contributed by atoms with Crippen LogP contribution in [-0.4, -0.2) is 0 Å². The first-order valence-electron chi connectivity index (χ1n) is 20.5. The summed E-state index contributed by atoms with van der Waals surface area (Å²) in [6, 6.07) is 73.4. The van der Waals surface area contributed by atoms with Gasteiger partial charge in [-0.2, -0.15) is 0 Å². The van der Waals surface area contributed by atoms with Crippen molar-refractivity contribution in [3.63, 3.8) is 0 Å². The summed E-state index contributed by atoms with van der Waals surface area (Å²) in [6.07, 6.45) is 0. The van der Waals surface area contributed by atoms with Crippen molar-refractivity contribution < 1.29 is 4.42 Å². The van der Waals surface area contributed by atoms with Crippen LogP contribution in [-0.2, 0) is 5.41 Å². The SMILES string of the molecule is CC1(C)c2cc3ccccc3cc2-c2c(N(c3ccc(-c4ccc5c(c4)oc4ccccc45)cc3)c3ccc4ccccc4c3-c3cccc4ccccc34)cccc21. The molecule has 0 saturated carbocycles. The van der Waals surface area contributed by atoms with Crippen molar-refractivity contribution in [3.8, 4) is 33.4 Å². The molecule has 0 saturated heterocycles. The molecule has 1 aromatic heterocycles. The fraction of sp³-hybridized carbons (Fsp3) is 0.0526. The Morgan fingerprint density at radius 1 is 0.373 bits per heavy atom. The largest absolute Gasteiger partial charge is 0.456 e. The van der Waals surface area contributed by atoms with Gasteiger partial charge in [-0.25, -0.2) is 0 Å². The summed E-state index contributed by atoms with van der Waals surface area (Å²) in [5, 5.41) is 9.71. The molecular weight excluding hydrogens is 715 g/mol. The highest BCUT2D eigenvalue weighted by molar-refractivity contribution is 6.13. The molecule has 1 aliphatic rings. The molecule has 278 valence electrons. The number of benzene rings is 10. The van der Waals surface area contributed by atoms with E-state index in [1.54, 1.807) is 0 Å². The van der Waals surface area contributed by atoms with E-state index in [1.165, 1.54) is 65.7 Å². The Labute approximate surface area is 343 Å². The van der Waals surface area contributed by atoms with E-state index in [4.69, 9.17) is 4.42 Å². The predicted molar refractivity (Wildman–Crippen MR) is 249 cm³/mol.